The molecule has 0 radical (unpaired) electrons. The molecular weight excluding hydrogens is 316 g/mol. The van der Waals surface area contributed by atoms with E-state index in [1.807, 2.05) is 13.8 Å². The lowest BCUT2D eigenvalue weighted by Gasteiger charge is -2.23. The summed E-state index contributed by atoms with van der Waals surface area (Å²) >= 11 is 1.35. The highest BCUT2D eigenvalue weighted by molar-refractivity contribution is 8.00. The van der Waals surface area contributed by atoms with Gasteiger partial charge in [0.25, 0.3) is 0 Å². The number of amides is 1. The van der Waals surface area contributed by atoms with Gasteiger partial charge in [-0.1, -0.05) is 26.0 Å². The van der Waals surface area contributed by atoms with Gasteiger partial charge < -0.3 is 5.32 Å². The molecule has 0 saturated carbocycles. The van der Waals surface area contributed by atoms with Gasteiger partial charge in [0, 0.05) is 4.90 Å². The van der Waals surface area contributed by atoms with Crippen LogP contribution in [0.25, 0.3) is 0 Å². The van der Waals surface area contributed by atoms with Gasteiger partial charge in [0.15, 0.2) is 0 Å². The Morgan fingerprint density at radius 3 is 2.04 bits per heavy atom. The maximum absolute atomic E-state index is 13.0. The highest BCUT2D eigenvalue weighted by Gasteiger charge is 2.18. The average molecular weight is 335 g/mol. The van der Waals surface area contributed by atoms with E-state index in [1.165, 1.54) is 36.0 Å². The molecule has 2 nitrogen and oxygen atoms in total. The summed E-state index contributed by atoms with van der Waals surface area (Å²) in [4.78, 5) is 13.0. The SMILES string of the molecule is CC(C)C(NC(=O)CSc1ccc(F)cc1)c1ccc(F)cc1. The van der Waals surface area contributed by atoms with Crippen LogP contribution >= 0.6 is 11.8 Å². The van der Waals surface area contributed by atoms with E-state index in [-0.39, 0.29) is 35.3 Å². The fourth-order valence-corrected chi connectivity index (χ4v) is 2.91. The van der Waals surface area contributed by atoms with Gasteiger partial charge in [0.1, 0.15) is 11.6 Å². The number of benzene rings is 2. The zero-order valence-electron chi connectivity index (χ0n) is 13.1. The number of thioether (sulfide) groups is 1. The molecule has 0 aliphatic carbocycles. The number of halogens is 2. The van der Waals surface area contributed by atoms with Gasteiger partial charge in [-0.05, 0) is 47.9 Å². The van der Waals surface area contributed by atoms with Crippen LogP contribution in [0.3, 0.4) is 0 Å². The lowest BCUT2D eigenvalue weighted by Crippen LogP contribution is -2.33. The third-order valence-electron chi connectivity index (χ3n) is 3.40. The van der Waals surface area contributed by atoms with Crippen molar-refractivity contribution >= 4 is 17.7 Å². The molecule has 5 heteroatoms. The molecule has 2 aromatic rings. The molecule has 1 amide bonds. The molecule has 0 bridgehead atoms. The Hall–Kier alpha value is -1.88. The predicted molar refractivity (Wildman–Crippen MR) is 89.2 cm³/mol. The highest BCUT2D eigenvalue weighted by Crippen LogP contribution is 2.23. The minimum atomic E-state index is -0.297. The lowest BCUT2D eigenvalue weighted by atomic mass is 9.96. The van der Waals surface area contributed by atoms with Crippen LogP contribution in [-0.2, 0) is 4.79 Å². The molecule has 0 heterocycles. The van der Waals surface area contributed by atoms with Crippen molar-refractivity contribution in [2.45, 2.75) is 24.8 Å². The molecule has 0 aliphatic heterocycles. The van der Waals surface area contributed by atoms with Crippen LogP contribution in [0.4, 0.5) is 8.78 Å². The Kier molecular flexibility index (Phi) is 6.16. The lowest BCUT2D eigenvalue weighted by molar-refractivity contribution is -0.119. The first-order chi connectivity index (χ1) is 11.0. The molecule has 122 valence electrons. The molecule has 1 atom stereocenters. The highest BCUT2D eigenvalue weighted by atomic mass is 32.2. The van der Waals surface area contributed by atoms with Crippen molar-refractivity contribution in [2.24, 2.45) is 5.92 Å². The van der Waals surface area contributed by atoms with Crippen LogP contribution in [0.15, 0.2) is 53.4 Å². The summed E-state index contributed by atoms with van der Waals surface area (Å²) < 4.78 is 25.9. The summed E-state index contributed by atoms with van der Waals surface area (Å²) in [6, 6.07) is 12.0. The quantitative estimate of drug-likeness (QED) is 0.784. The van der Waals surface area contributed by atoms with E-state index in [2.05, 4.69) is 5.32 Å². The van der Waals surface area contributed by atoms with E-state index < -0.39 is 0 Å². The predicted octanol–water partition coefficient (Wildman–Crippen LogP) is 4.57. The zero-order valence-corrected chi connectivity index (χ0v) is 13.9. The summed E-state index contributed by atoms with van der Waals surface area (Å²) in [7, 11) is 0. The zero-order chi connectivity index (χ0) is 16.8. The topological polar surface area (TPSA) is 29.1 Å². The molecule has 1 unspecified atom stereocenters. The molecule has 2 aromatic carbocycles. The minimum absolute atomic E-state index is 0.109. The van der Waals surface area contributed by atoms with Gasteiger partial charge in [0.2, 0.25) is 5.91 Å². The van der Waals surface area contributed by atoms with Gasteiger partial charge in [-0.3, -0.25) is 4.79 Å². The first-order valence-corrected chi connectivity index (χ1v) is 8.37. The summed E-state index contributed by atoms with van der Waals surface area (Å²) in [5, 5.41) is 2.98. The normalized spacial score (nSPS) is 12.2. The second kappa shape index (κ2) is 8.11. The summed E-state index contributed by atoms with van der Waals surface area (Å²) in [6.07, 6.45) is 0. The smallest absolute Gasteiger partial charge is 0.230 e. The van der Waals surface area contributed by atoms with Crippen molar-refractivity contribution in [3.05, 3.63) is 65.7 Å². The maximum Gasteiger partial charge on any atom is 0.230 e. The molecule has 2 rings (SSSR count). The Labute approximate surface area is 139 Å². The monoisotopic (exact) mass is 335 g/mol. The first kappa shape index (κ1) is 17.5. The number of carbonyl (C=O) groups excluding carboxylic acids is 1. The fraction of sp³-hybridized carbons (Fsp3) is 0.278. The Morgan fingerprint density at radius 1 is 1.00 bits per heavy atom. The standard InChI is InChI=1S/C18H19F2NOS/c1-12(2)18(13-3-5-14(19)6-4-13)21-17(22)11-23-16-9-7-15(20)8-10-16/h3-10,12,18H,11H2,1-2H3,(H,21,22). The maximum atomic E-state index is 13.0. The van der Waals surface area contributed by atoms with E-state index in [0.29, 0.717) is 0 Å². The van der Waals surface area contributed by atoms with Crippen LogP contribution in [0.2, 0.25) is 0 Å². The Balaban J connectivity index is 1.95. The molecule has 23 heavy (non-hydrogen) atoms. The van der Waals surface area contributed by atoms with Crippen LogP contribution < -0.4 is 5.32 Å². The van der Waals surface area contributed by atoms with E-state index in [0.717, 1.165) is 10.5 Å². The number of carbonyl (C=O) groups is 1. The van der Waals surface area contributed by atoms with E-state index in [1.54, 1.807) is 24.3 Å². The largest absolute Gasteiger partial charge is 0.348 e. The van der Waals surface area contributed by atoms with Crippen molar-refractivity contribution < 1.29 is 13.6 Å². The second-order valence-corrected chi connectivity index (χ2v) is 6.63. The molecule has 1 N–H and O–H groups in total. The van der Waals surface area contributed by atoms with Crippen LogP contribution in [0.1, 0.15) is 25.5 Å². The van der Waals surface area contributed by atoms with Crippen LogP contribution in [0, 0.1) is 17.6 Å². The van der Waals surface area contributed by atoms with E-state index in [9.17, 15) is 13.6 Å². The van der Waals surface area contributed by atoms with Gasteiger partial charge in [-0.15, -0.1) is 11.8 Å². The fourth-order valence-electron chi connectivity index (χ4n) is 2.20. The third-order valence-corrected chi connectivity index (χ3v) is 4.41. The van der Waals surface area contributed by atoms with Gasteiger partial charge in [-0.25, -0.2) is 8.78 Å². The van der Waals surface area contributed by atoms with Crippen molar-refractivity contribution in [2.75, 3.05) is 5.75 Å². The van der Waals surface area contributed by atoms with Gasteiger partial charge in [0.05, 0.1) is 11.8 Å². The van der Waals surface area contributed by atoms with E-state index in [4.69, 9.17) is 0 Å². The molecular formula is C18H19F2NOS. The van der Waals surface area contributed by atoms with Crippen LogP contribution in [-0.4, -0.2) is 11.7 Å². The van der Waals surface area contributed by atoms with E-state index >= 15 is 0 Å². The molecule has 0 spiro atoms. The summed E-state index contributed by atoms with van der Waals surface area (Å²) in [6.45, 7) is 4.00. The van der Waals surface area contributed by atoms with Gasteiger partial charge >= 0.3 is 0 Å². The van der Waals surface area contributed by atoms with Crippen molar-refractivity contribution in [1.82, 2.24) is 5.32 Å². The number of rotatable bonds is 6. The first-order valence-electron chi connectivity index (χ1n) is 7.39. The third kappa shape index (κ3) is 5.36. The molecule has 0 saturated heterocycles. The van der Waals surface area contributed by atoms with Gasteiger partial charge in [-0.2, -0.15) is 0 Å². The number of nitrogens with one attached hydrogen (secondary N) is 1. The van der Waals surface area contributed by atoms with Crippen molar-refractivity contribution in [3.8, 4) is 0 Å². The molecule has 0 fully saturated rings. The summed E-state index contributed by atoms with van der Waals surface area (Å²) in [5.41, 5.74) is 0.876. The summed E-state index contributed by atoms with van der Waals surface area (Å²) in [5.74, 6) is -0.275. The minimum Gasteiger partial charge on any atom is -0.348 e. The second-order valence-electron chi connectivity index (χ2n) is 5.58. The molecule has 0 aliphatic rings. The van der Waals surface area contributed by atoms with Crippen molar-refractivity contribution in [1.29, 1.82) is 0 Å². The van der Waals surface area contributed by atoms with Crippen LogP contribution in [0.5, 0.6) is 0 Å². The Bertz CT molecular complexity index is 641. The molecule has 0 aromatic heterocycles. The number of hydrogen-bond donors (Lipinski definition) is 1. The average Bonchev–Trinajstić information content (AvgIpc) is 2.53. The van der Waals surface area contributed by atoms with Crippen molar-refractivity contribution in [3.63, 3.8) is 0 Å². The number of hydrogen-bond acceptors (Lipinski definition) is 2. The Morgan fingerprint density at radius 2 is 1.52 bits per heavy atom.